The SMILES string of the molecule is N/C(CCN(c1ccn2nccc2n1)C1CC1)=N/O. The summed E-state index contributed by atoms with van der Waals surface area (Å²) in [5.74, 6) is 1.16. The van der Waals surface area contributed by atoms with Crippen molar-refractivity contribution in [2.45, 2.75) is 25.3 Å². The average molecular weight is 260 g/mol. The maximum absolute atomic E-state index is 8.60. The Kier molecular flexibility index (Phi) is 2.94. The van der Waals surface area contributed by atoms with Gasteiger partial charge in [0, 0.05) is 31.3 Å². The highest BCUT2D eigenvalue weighted by atomic mass is 16.4. The van der Waals surface area contributed by atoms with Crippen molar-refractivity contribution in [2.24, 2.45) is 10.9 Å². The van der Waals surface area contributed by atoms with E-state index in [1.165, 1.54) is 12.8 Å². The molecular weight excluding hydrogens is 244 g/mol. The lowest BCUT2D eigenvalue weighted by atomic mass is 10.3. The Morgan fingerprint density at radius 3 is 3.11 bits per heavy atom. The van der Waals surface area contributed by atoms with E-state index in [1.54, 1.807) is 10.7 Å². The molecule has 1 aliphatic rings. The number of hydrogen-bond donors (Lipinski definition) is 2. The van der Waals surface area contributed by atoms with Gasteiger partial charge in [0.1, 0.15) is 11.7 Å². The number of amidine groups is 1. The van der Waals surface area contributed by atoms with Crippen molar-refractivity contribution in [1.29, 1.82) is 0 Å². The van der Waals surface area contributed by atoms with Crippen molar-refractivity contribution in [1.82, 2.24) is 14.6 Å². The summed E-state index contributed by atoms with van der Waals surface area (Å²) < 4.78 is 1.73. The molecule has 0 spiro atoms. The molecule has 2 heterocycles. The Hall–Kier alpha value is -2.31. The number of oxime groups is 1. The molecule has 1 saturated carbocycles. The summed E-state index contributed by atoms with van der Waals surface area (Å²) in [7, 11) is 0. The van der Waals surface area contributed by atoms with Crippen LogP contribution >= 0.6 is 0 Å². The van der Waals surface area contributed by atoms with Crippen LogP contribution in [0.3, 0.4) is 0 Å². The lowest BCUT2D eigenvalue weighted by molar-refractivity contribution is 0.317. The largest absolute Gasteiger partial charge is 0.409 e. The fourth-order valence-corrected chi connectivity index (χ4v) is 2.12. The van der Waals surface area contributed by atoms with Gasteiger partial charge in [0.2, 0.25) is 0 Å². The number of anilines is 1. The van der Waals surface area contributed by atoms with E-state index in [9.17, 15) is 0 Å². The monoisotopic (exact) mass is 260 g/mol. The fraction of sp³-hybridized carbons (Fsp3) is 0.417. The molecule has 0 aliphatic heterocycles. The molecular formula is C12H16N6O. The molecule has 0 unspecified atom stereocenters. The van der Waals surface area contributed by atoms with Crippen LogP contribution in [-0.2, 0) is 0 Å². The van der Waals surface area contributed by atoms with Crippen molar-refractivity contribution in [3.63, 3.8) is 0 Å². The zero-order chi connectivity index (χ0) is 13.2. The van der Waals surface area contributed by atoms with E-state index >= 15 is 0 Å². The van der Waals surface area contributed by atoms with Gasteiger partial charge in [0.05, 0.1) is 6.20 Å². The Balaban J connectivity index is 1.82. The molecule has 0 aromatic carbocycles. The second kappa shape index (κ2) is 4.75. The molecule has 2 aromatic heterocycles. The lowest BCUT2D eigenvalue weighted by Crippen LogP contribution is -2.31. The predicted octanol–water partition coefficient (Wildman–Crippen LogP) is 0.835. The molecule has 2 aromatic rings. The highest BCUT2D eigenvalue weighted by Gasteiger charge is 2.30. The van der Waals surface area contributed by atoms with Crippen molar-refractivity contribution >= 4 is 17.3 Å². The van der Waals surface area contributed by atoms with Crippen LogP contribution in [0.5, 0.6) is 0 Å². The van der Waals surface area contributed by atoms with Gasteiger partial charge in [-0.3, -0.25) is 0 Å². The number of nitrogens with two attached hydrogens (primary N) is 1. The second-order valence-electron chi connectivity index (χ2n) is 4.69. The molecule has 3 rings (SSSR count). The van der Waals surface area contributed by atoms with Crippen LogP contribution in [0.4, 0.5) is 5.82 Å². The van der Waals surface area contributed by atoms with E-state index in [0.717, 1.165) is 11.5 Å². The molecule has 3 N–H and O–H groups in total. The minimum absolute atomic E-state index is 0.246. The fourth-order valence-electron chi connectivity index (χ4n) is 2.12. The van der Waals surface area contributed by atoms with Gasteiger partial charge in [-0.2, -0.15) is 5.10 Å². The zero-order valence-corrected chi connectivity index (χ0v) is 10.5. The molecule has 7 nitrogen and oxygen atoms in total. The molecule has 0 saturated heterocycles. The van der Waals surface area contributed by atoms with Crippen LogP contribution in [0.1, 0.15) is 19.3 Å². The Bertz CT molecular complexity index is 603. The third kappa shape index (κ3) is 2.44. The minimum Gasteiger partial charge on any atom is -0.409 e. The third-order valence-corrected chi connectivity index (χ3v) is 3.26. The van der Waals surface area contributed by atoms with Crippen molar-refractivity contribution in [3.05, 3.63) is 24.5 Å². The number of fused-ring (bicyclic) bond motifs is 1. The standard InChI is InChI=1S/C12H16N6O/c13-10(16-19)4-7-17(9-1-2-9)11-5-8-18-12(15-11)3-6-14-18/h3,5-6,8-9,19H,1-2,4,7H2,(H2,13,16). The molecule has 7 heteroatoms. The molecule has 0 amide bonds. The smallest absolute Gasteiger partial charge is 0.157 e. The first-order valence-electron chi connectivity index (χ1n) is 6.31. The molecule has 19 heavy (non-hydrogen) atoms. The summed E-state index contributed by atoms with van der Waals surface area (Å²) in [6.45, 7) is 0.706. The molecule has 100 valence electrons. The zero-order valence-electron chi connectivity index (χ0n) is 10.5. The quantitative estimate of drug-likeness (QED) is 0.359. The summed E-state index contributed by atoms with van der Waals surface area (Å²) in [5, 5.41) is 15.7. The van der Waals surface area contributed by atoms with Crippen LogP contribution in [-0.4, -0.2) is 38.2 Å². The number of aromatic nitrogens is 3. The normalized spacial score (nSPS) is 15.9. The van der Waals surface area contributed by atoms with Gasteiger partial charge in [0.15, 0.2) is 5.65 Å². The summed E-state index contributed by atoms with van der Waals surface area (Å²) in [5.41, 5.74) is 6.36. The topological polar surface area (TPSA) is 92.0 Å². The minimum atomic E-state index is 0.246. The van der Waals surface area contributed by atoms with Gasteiger partial charge in [-0.25, -0.2) is 9.50 Å². The maximum atomic E-state index is 8.60. The molecule has 0 atom stereocenters. The van der Waals surface area contributed by atoms with E-state index in [-0.39, 0.29) is 5.84 Å². The van der Waals surface area contributed by atoms with Crippen molar-refractivity contribution in [2.75, 3.05) is 11.4 Å². The van der Waals surface area contributed by atoms with Gasteiger partial charge in [-0.15, -0.1) is 0 Å². The van der Waals surface area contributed by atoms with Crippen LogP contribution in [0.2, 0.25) is 0 Å². The average Bonchev–Trinajstić information content (AvgIpc) is 3.15. The first-order chi connectivity index (χ1) is 9.28. The maximum Gasteiger partial charge on any atom is 0.157 e. The van der Waals surface area contributed by atoms with E-state index in [4.69, 9.17) is 10.9 Å². The first-order valence-corrected chi connectivity index (χ1v) is 6.31. The molecule has 0 radical (unpaired) electrons. The van der Waals surface area contributed by atoms with E-state index in [0.29, 0.717) is 19.0 Å². The van der Waals surface area contributed by atoms with Crippen molar-refractivity contribution in [3.8, 4) is 0 Å². The van der Waals surface area contributed by atoms with Gasteiger partial charge in [-0.1, -0.05) is 5.16 Å². The van der Waals surface area contributed by atoms with E-state index in [2.05, 4.69) is 20.1 Å². The highest BCUT2D eigenvalue weighted by Crippen LogP contribution is 2.30. The number of rotatable bonds is 5. The number of hydrogen-bond acceptors (Lipinski definition) is 5. The Labute approximate surface area is 110 Å². The van der Waals surface area contributed by atoms with Crippen molar-refractivity contribution < 1.29 is 5.21 Å². The van der Waals surface area contributed by atoms with Crippen LogP contribution in [0.15, 0.2) is 29.7 Å². The van der Waals surface area contributed by atoms with Gasteiger partial charge in [-0.05, 0) is 18.9 Å². The lowest BCUT2D eigenvalue weighted by Gasteiger charge is -2.23. The summed E-state index contributed by atoms with van der Waals surface area (Å²) in [6, 6.07) is 4.34. The third-order valence-electron chi connectivity index (χ3n) is 3.26. The van der Waals surface area contributed by atoms with Crippen LogP contribution in [0, 0.1) is 0 Å². The molecule has 0 bridgehead atoms. The predicted molar refractivity (Wildman–Crippen MR) is 71.4 cm³/mol. The number of nitrogens with zero attached hydrogens (tertiary/aromatic N) is 5. The van der Waals surface area contributed by atoms with Gasteiger partial charge in [0.25, 0.3) is 0 Å². The highest BCUT2D eigenvalue weighted by molar-refractivity contribution is 5.80. The molecule has 1 fully saturated rings. The first kappa shape index (κ1) is 11.8. The second-order valence-corrected chi connectivity index (χ2v) is 4.69. The van der Waals surface area contributed by atoms with E-state index < -0.39 is 0 Å². The Morgan fingerprint density at radius 2 is 2.37 bits per heavy atom. The van der Waals surface area contributed by atoms with Gasteiger partial charge >= 0.3 is 0 Å². The summed E-state index contributed by atoms with van der Waals surface area (Å²) in [4.78, 5) is 6.80. The molecule has 1 aliphatic carbocycles. The van der Waals surface area contributed by atoms with Crippen LogP contribution < -0.4 is 10.6 Å². The van der Waals surface area contributed by atoms with Gasteiger partial charge < -0.3 is 15.8 Å². The summed E-state index contributed by atoms with van der Waals surface area (Å²) in [6.07, 6.45) is 6.49. The summed E-state index contributed by atoms with van der Waals surface area (Å²) >= 11 is 0. The Morgan fingerprint density at radius 1 is 1.53 bits per heavy atom. The van der Waals surface area contributed by atoms with Crippen LogP contribution in [0.25, 0.3) is 5.65 Å². The van der Waals surface area contributed by atoms with E-state index in [1.807, 2.05) is 18.3 Å².